The van der Waals surface area contributed by atoms with Gasteiger partial charge >= 0.3 is 5.97 Å². The van der Waals surface area contributed by atoms with Crippen LogP contribution in [0.1, 0.15) is 11.1 Å². The lowest BCUT2D eigenvalue weighted by atomic mass is 10.1. The molecule has 3 rings (SSSR count). The number of hydrogen-bond acceptors (Lipinski definition) is 3. The van der Waals surface area contributed by atoms with Crippen LogP contribution in [0.5, 0.6) is 5.75 Å². The van der Waals surface area contributed by atoms with Crippen LogP contribution in [-0.2, 0) is 16.0 Å². The number of carbonyl (C=O) groups is 2. The number of carbonyl (C=O) groups excluding carboxylic acids is 1. The fourth-order valence-corrected chi connectivity index (χ4v) is 3.12. The van der Waals surface area contributed by atoms with E-state index in [1.54, 1.807) is 43.5 Å². The Morgan fingerprint density at radius 3 is 2.50 bits per heavy atom. The van der Waals surface area contributed by atoms with E-state index in [9.17, 15) is 14.7 Å². The molecule has 0 heterocycles. The van der Waals surface area contributed by atoms with Crippen molar-refractivity contribution in [3.05, 3.63) is 63.6 Å². The number of rotatable bonds is 4. The maximum absolute atomic E-state index is 12.6. The van der Waals surface area contributed by atoms with Gasteiger partial charge in [-0.25, -0.2) is 4.79 Å². The molecule has 1 amide bonds. The third-order valence-electron chi connectivity index (χ3n) is 3.84. The van der Waals surface area contributed by atoms with E-state index < -0.39 is 11.9 Å². The van der Waals surface area contributed by atoms with E-state index in [2.05, 4.69) is 21.2 Å². The molecule has 1 aliphatic rings. The van der Waals surface area contributed by atoms with E-state index in [1.807, 2.05) is 6.07 Å². The van der Waals surface area contributed by atoms with E-state index >= 15 is 0 Å². The van der Waals surface area contributed by atoms with Crippen LogP contribution in [0.15, 0.2) is 52.5 Å². The Morgan fingerprint density at radius 2 is 1.88 bits per heavy atom. The molecule has 24 heavy (non-hydrogen) atoms. The van der Waals surface area contributed by atoms with Gasteiger partial charge in [0.15, 0.2) is 0 Å². The molecule has 2 N–H and O–H groups in total. The molecule has 0 unspecified atom stereocenters. The summed E-state index contributed by atoms with van der Waals surface area (Å²) in [4.78, 5) is 24.2. The van der Waals surface area contributed by atoms with Crippen LogP contribution < -0.4 is 10.1 Å². The van der Waals surface area contributed by atoms with Crippen molar-refractivity contribution in [2.45, 2.75) is 6.42 Å². The number of hydrogen-bond donors (Lipinski definition) is 2. The molecule has 5 nitrogen and oxygen atoms in total. The first kappa shape index (κ1) is 16.3. The summed E-state index contributed by atoms with van der Waals surface area (Å²) in [6, 6.07) is 12.2. The Kier molecular flexibility index (Phi) is 4.40. The molecule has 0 atom stereocenters. The summed E-state index contributed by atoms with van der Waals surface area (Å²) in [5, 5.41) is 12.3. The summed E-state index contributed by atoms with van der Waals surface area (Å²) >= 11 is 3.37. The molecule has 0 aliphatic heterocycles. The monoisotopic (exact) mass is 387 g/mol. The summed E-state index contributed by atoms with van der Waals surface area (Å²) in [7, 11) is 1.56. The number of methoxy groups -OCH3 is 1. The van der Waals surface area contributed by atoms with E-state index in [4.69, 9.17) is 4.74 Å². The zero-order chi connectivity index (χ0) is 17.3. The molecule has 0 fully saturated rings. The van der Waals surface area contributed by atoms with Gasteiger partial charge in [-0.3, -0.25) is 4.79 Å². The van der Waals surface area contributed by atoms with Gasteiger partial charge in [0.25, 0.3) is 5.91 Å². The number of nitrogens with one attached hydrogen (secondary N) is 1. The second-order valence-corrected chi connectivity index (χ2v) is 6.24. The summed E-state index contributed by atoms with van der Waals surface area (Å²) < 4.78 is 5.92. The van der Waals surface area contributed by atoms with Crippen molar-refractivity contribution in [1.82, 2.24) is 0 Å². The predicted octanol–water partition coefficient (Wildman–Crippen LogP) is 3.49. The molecule has 0 spiro atoms. The maximum atomic E-state index is 12.6. The minimum atomic E-state index is -1.10. The van der Waals surface area contributed by atoms with Crippen LogP contribution in [0.25, 0.3) is 5.57 Å². The molecular formula is C18H14BrNO4. The first-order valence-corrected chi connectivity index (χ1v) is 7.99. The quantitative estimate of drug-likeness (QED) is 0.841. The molecule has 2 aromatic carbocycles. The number of anilines is 1. The van der Waals surface area contributed by atoms with Crippen molar-refractivity contribution in [2.24, 2.45) is 0 Å². The van der Waals surface area contributed by atoms with Crippen LogP contribution in [0.4, 0.5) is 5.69 Å². The van der Waals surface area contributed by atoms with Gasteiger partial charge in [0.2, 0.25) is 0 Å². The van der Waals surface area contributed by atoms with E-state index in [0.29, 0.717) is 23.4 Å². The highest BCUT2D eigenvalue weighted by molar-refractivity contribution is 9.10. The van der Waals surface area contributed by atoms with E-state index in [0.717, 1.165) is 10.0 Å². The van der Waals surface area contributed by atoms with Gasteiger partial charge < -0.3 is 15.2 Å². The Labute approximate surface area is 147 Å². The van der Waals surface area contributed by atoms with Crippen LogP contribution in [-0.4, -0.2) is 24.1 Å². The third kappa shape index (κ3) is 3.05. The number of aliphatic carboxylic acids is 1. The number of carboxylic acids is 1. The molecule has 0 saturated carbocycles. The number of carboxylic acid groups (broad SMARTS) is 1. The zero-order valence-corrected chi connectivity index (χ0v) is 14.4. The lowest BCUT2D eigenvalue weighted by Crippen LogP contribution is -2.17. The van der Waals surface area contributed by atoms with Crippen molar-refractivity contribution in [3.8, 4) is 5.75 Å². The number of halogens is 1. The Bertz CT molecular complexity index is 856. The minimum absolute atomic E-state index is 0.0588. The van der Waals surface area contributed by atoms with E-state index in [-0.39, 0.29) is 11.1 Å². The zero-order valence-electron chi connectivity index (χ0n) is 12.8. The van der Waals surface area contributed by atoms with E-state index in [1.165, 1.54) is 0 Å². The van der Waals surface area contributed by atoms with Crippen molar-refractivity contribution in [3.63, 3.8) is 0 Å². The van der Waals surface area contributed by atoms with Gasteiger partial charge in [-0.2, -0.15) is 0 Å². The fourth-order valence-electron chi connectivity index (χ4n) is 2.71. The summed E-state index contributed by atoms with van der Waals surface area (Å²) in [6.07, 6.45) is 0.290. The van der Waals surface area contributed by atoms with Crippen LogP contribution in [0.2, 0.25) is 0 Å². The molecule has 0 bridgehead atoms. The number of amides is 1. The SMILES string of the molecule is COc1ccc(NC(=O)C2=C(C(=O)O)c3ccc(Br)cc3C2)cc1. The molecule has 0 aromatic heterocycles. The van der Waals surface area contributed by atoms with Gasteiger partial charge in [0.1, 0.15) is 5.75 Å². The van der Waals surface area contributed by atoms with Crippen LogP contribution in [0, 0.1) is 0 Å². The summed E-state index contributed by atoms with van der Waals surface area (Å²) in [6.45, 7) is 0. The fraction of sp³-hybridized carbons (Fsp3) is 0.111. The molecular weight excluding hydrogens is 374 g/mol. The Balaban J connectivity index is 1.90. The topological polar surface area (TPSA) is 75.6 Å². The lowest BCUT2D eigenvalue weighted by molar-refractivity contribution is -0.130. The maximum Gasteiger partial charge on any atom is 0.336 e. The second kappa shape index (κ2) is 6.49. The standard InChI is InChI=1S/C18H14BrNO4/c1-24-13-5-3-12(4-6-13)20-17(21)15-9-10-8-11(19)2-7-14(10)16(15)18(22)23/h2-8H,9H2,1H3,(H,20,21)(H,22,23). The van der Waals surface area contributed by atoms with Crippen molar-refractivity contribution in [2.75, 3.05) is 12.4 Å². The van der Waals surface area contributed by atoms with Crippen molar-refractivity contribution >= 4 is 39.1 Å². The lowest BCUT2D eigenvalue weighted by Gasteiger charge is -2.08. The largest absolute Gasteiger partial charge is 0.497 e. The number of ether oxygens (including phenoxy) is 1. The number of benzene rings is 2. The van der Waals surface area contributed by atoms with Gasteiger partial charge in [0.05, 0.1) is 12.7 Å². The molecule has 0 radical (unpaired) electrons. The molecule has 122 valence electrons. The Hall–Kier alpha value is -2.60. The summed E-state index contributed by atoms with van der Waals surface area (Å²) in [5.74, 6) is -0.836. The normalized spacial score (nSPS) is 12.8. The van der Waals surface area contributed by atoms with Gasteiger partial charge in [-0.05, 0) is 47.5 Å². The average Bonchev–Trinajstić information content (AvgIpc) is 2.94. The smallest absolute Gasteiger partial charge is 0.336 e. The van der Waals surface area contributed by atoms with Gasteiger partial charge in [-0.15, -0.1) is 0 Å². The van der Waals surface area contributed by atoms with Gasteiger partial charge in [-0.1, -0.05) is 22.0 Å². The first-order valence-electron chi connectivity index (χ1n) is 7.20. The highest BCUT2D eigenvalue weighted by atomic mass is 79.9. The highest BCUT2D eigenvalue weighted by Crippen LogP contribution is 2.35. The average molecular weight is 388 g/mol. The minimum Gasteiger partial charge on any atom is -0.497 e. The van der Waals surface area contributed by atoms with Crippen molar-refractivity contribution < 1.29 is 19.4 Å². The first-order chi connectivity index (χ1) is 11.5. The van der Waals surface area contributed by atoms with Crippen LogP contribution >= 0.6 is 15.9 Å². The Morgan fingerprint density at radius 1 is 1.17 bits per heavy atom. The molecule has 0 saturated heterocycles. The molecule has 6 heteroatoms. The molecule has 2 aromatic rings. The number of fused-ring (bicyclic) bond motifs is 1. The summed E-state index contributed by atoms with van der Waals surface area (Å²) in [5.41, 5.74) is 2.30. The highest BCUT2D eigenvalue weighted by Gasteiger charge is 2.30. The second-order valence-electron chi connectivity index (χ2n) is 5.32. The van der Waals surface area contributed by atoms with Gasteiger partial charge in [0, 0.05) is 22.2 Å². The third-order valence-corrected chi connectivity index (χ3v) is 4.33. The molecule has 1 aliphatic carbocycles. The van der Waals surface area contributed by atoms with Crippen molar-refractivity contribution in [1.29, 1.82) is 0 Å². The van der Waals surface area contributed by atoms with Crippen LogP contribution in [0.3, 0.4) is 0 Å². The predicted molar refractivity (Wildman–Crippen MR) is 94.0 cm³/mol.